The van der Waals surface area contributed by atoms with Crippen molar-refractivity contribution in [2.45, 2.75) is 45.2 Å². The predicted octanol–water partition coefficient (Wildman–Crippen LogP) is 3.78. The van der Waals surface area contributed by atoms with Crippen LogP contribution in [-0.4, -0.2) is 33.1 Å². The SMILES string of the molecule is Cc1nc(Nc2ccc3c(c2)OCC(=O)N3C2CC2)cc2c1ncn2CC1CC1. The third-order valence-electron chi connectivity index (χ3n) is 5.96. The van der Waals surface area contributed by atoms with E-state index < -0.39 is 0 Å². The number of pyridine rings is 1. The van der Waals surface area contributed by atoms with Gasteiger partial charge in [0.2, 0.25) is 0 Å². The van der Waals surface area contributed by atoms with Crippen molar-refractivity contribution in [2.75, 3.05) is 16.8 Å². The number of carbonyl (C=O) groups excluding carboxylic acids is 1. The van der Waals surface area contributed by atoms with Crippen molar-refractivity contribution in [3.63, 3.8) is 0 Å². The molecule has 6 rings (SSSR count). The number of aromatic nitrogens is 3. The van der Waals surface area contributed by atoms with Crippen molar-refractivity contribution in [2.24, 2.45) is 5.92 Å². The van der Waals surface area contributed by atoms with Crippen molar-refractivity contribution in [3.8, 4) is 5.75 Å². The maximum Gasteiger partial charge on any atom is 0.265 e. The van der Waals surface area contributed by atoms with Gasteiger partial charge in [-0.25, -0.2) is 9.97 Å². The molecule has 1 amide bonds. The molecule has 3 aromatic rings. The third kappa shape index (κ3) is 3.01. The van der Waals surface area contributed by atoms with Gasteiger partial charge in [-0.3, -0.25) is 4.79 Å². The maximum atomic E-state index is 12.2. The molecule has 0 radical (unpaired) electrons. The van der Waals surface area contributed by atoms with Crippen LogP contribution in [0, 0.1) is 12.8 Å². The highest BCUT2D eigenvalue weighted by molar-refractivity contribution is 5.99. The molecule has 2 aliphatic carbocycles. The molecule has 0 unspecified atom stereocenters. The summed E-state index contributed by atoms with van der Waals surface area (Å²) in [6, 6.07) is 8.31. The number of anilines is 3. The molecule has 0 saturated heterocycles. The molecular formula is C22H23N5O2. The van der Waals surface area contributed by atoms with Crippen molar-refractivity contribution < 1.29 is 9.53 Å². The second-order valence-corrected chi connectivity index (χ2v) is 8.39. The van der Waals surface area contributed by atoms with Crippen LogP contribution in [0.4, 0.5) is 17.2 Å². The van der Waals surface area contributed by atoms with Crippen LogP contribution >= 0.6 is 0 Å². The first-order chi connectivity index (χ1) is 14.2. The van der Waals surface area contributed by atoms with Crippen molar-refractivity contribution in [3.05, 3.63) is 36.3 Å². The van der Waals surface area contributed by atoms with Crippen LogP contribution in [0.1, 0.15) is 31.4 Å². The summed E-state index contributed by atoms with van der Waals surface area (Å²) in [6.07, 6.45) is 6.69. The quantitative estimate of drug-likeness (QED) is 0.719. The zero-order valence-corrected chi connectivity index (χ0v) is 16.4. The summed E-state index contributed by atoms with van der Waals surface area (Å²) >= 11 is 0. The van der Waals surface area contributed by atoms with Gasteiger partial charge < -0.3 is 19.5 Å². The first-order valence-corrected chi connectivity index (χ1v) is 10.3. The lowest BCUT2D eigenvalue weighted by Crippen LogP contribution is -2.40. The number of hydrogen-bond donors (Lipinski definition) is 1. The van der Waals surface area contributed by atoms with E-state index in [-0.39, 0.29) is 12.5 Å². The maximum absolute atomic E-state index is 12.2. The fraction of sp³-hybridized carbons (Fsp3) is 0.409. The van der Waals surface area contributed by atoms with Crippen LogP contribution in [0.25, 0.3) is 11.0 Å². The van der Waals surface area contributed by atoms with Crippen LogP contribution in [0.3, 0.4) is 0 Å². The van der Waals surface area contributed by atoms with Gasteiger partial charge in [-0.2, -0.15) is 0 Å². The minimum atomic E-state index is 0.0485. The van der Waals surface area contributed by atoms with Gasteiger partial charge in [-0.1, -0.05) is 0 Å². The summed E-state index contributed by atoms with van der Waals surface area (Å²) in [5, 5.41) is 3.41. The van der Waals surface area contributed by atoms with E-state index in [1.165, 1.54) is 12.8 Å². The lowest BCUT2D eigenvalue weighted by Gasteiger charge is -2.29. The fourth-order valence-electron chi connectivity index (χ4n) is 4.14. The van der Waals surface area contributed by atoms with Gasteiger partial charge in [0.05, 0.1) is 23.2 Å². The van der Waals surface area contributed by atoms with Gasteiger partial charge in [0, 0.05) is 30.4 Å². The molecule has 29 heavy (non-hydrogen) atoms. The molecule has 1 aliphatic heterocycles. The van der Waals surface area contributed by atoms with Gasteiger partial charge in [0.25, 0.3) is 5.91 Å². The van der Waals surface area contributed by atoms with Gasteiger partial charge in [-0.05, 0) is 50.7 Å². The van der Waals surface area contributed by atoms with Crippen molar-refractivity contribution in [1.82, 2.24) is 14.5 Å². The Morgan fingerprint density at radius 2 is 2.07 bits per heavy atom. The molecule has 2 fully saturated rings. The Bertz CT molecular complexity index is 1130. The Morgan fingerprint density at radius 1 is 1.21 bits per heavy atom. The van der Waals surface area contributed by atoms with E-state index in [4.69, 9.17) is 4.74 Å². The Kier molecular flexibility index (Phi) is 3.60. The summed E-state index contributed by atoms with van der Waals surface area (Å²) in [6.45, 7) is 3.13. The molecule has 3 heterocycles. The highest BCUT2D eigenvalue weighted by Crippen LogP contribution is 2.41. The number of nitrogens with zero attached hydrogens (tertiary/aromatic N) is 4. The Balaban J connectivity index is 1.31. The molecule has 0 bridgehead atoms. The predicted molar refractivity (Wildman–Crippen MR) is 111 cm³/mol. The zero-order valence-electron chi connectivity index (χ0n) is 16.4. The smallest absolute Gasteiger partial charge is 0.265 e. The Hall–Kier alpha value is -3.09. The van der Waals surface area contributed by atoms with E-state index in [0.29, 0.717) is 6.04 Å². The molecule has 7 heteroatoms. The molecule has 1 N–H and O–H groups in total. The van der Waals surface area contributed by atoms with Crippen LogP contribution in [0.15, 0.2) is 30.6 Å². The lowest BCUT2D eigenvalue weighted by atomic mass is 10.2. The second-order valence-electron chi connectivity index (χ2n) is 8.39. The molecule has 3 aliphatic rings. The minimum absolute atomic E-state index is 0.0485. The van der Waals surface area contributed by atoms with Gasteiger partial charge in [0.15, 0.2) is 6.61 Å². The summed E-state index contributed by atoms with van der Waals surface area (Å²) in [5.74, 6) is 2.37. The van der Waals surface area contributed by atoms with Gasteiger partial charge in [0.1, 0.15) is 17.1 Å². The summed E-state index contributed by atoms with van der Waals surface area (Å²) in [5.41, 5.74) is 4.76. The topological polar surface area (TPSA) is 72.3 Å². The summed E-state index contributed by atoms with van der Waals surface area (Å²) in [7, 11) is 0. The lowest BCUT2D eigenvalue weighted by molar-refractivity contribution is -0.121. The molecule has 0 spiro atoms. The van der Waals surface area contributed by atoms with Gasteiger partial charge >= 0.3 is 0 Å². The number of nitrogens with one attached hydrogen (secondary N) is 1. The molecule has 148 valence electrons. The number of ether oxygens (including phenoxy) is 1. The number of imidazole rings is 1. The minimum Gasteiger partial charge on any atom is -0.481 e. The van der Waals surface area contributed by atoms with E-state index in [9.17, 15) is 4.79 Å². The Labute approximate surface area is 168 Å². The number of hydrogen-bond acceptors (Lipinski definition) is 5. The number of benzene rings is 1. The number of aryl methyl sites for hydroxylation is 1. The first-order valence-electron chi connectivity index (χ1n) is 10.3. The fourth-order valence-corrected chi connectivity index (χ4v) is 4.14. The molecule has 0 atom stereocenters. The molecule has 1 aromatic carbocycles. The zero-order chi connectivity index (χ0) is 19.5. The van der Waals surface area contributed by atoms with E-state index in [0.717, 1.165) is 65.0 Å². The highest BCUT2D eigenvalue weighted by Gasteiger charge is 2.37. The van der Waals surface area contributed by atoms with Crippen LogP contribution in [0.2, 0.25) is 0 Å². The normalized spacial score (nSPS) is 18.7. The van der Waals surface area contributed by atoms with Crippen LogP contribution in [0.5, 0.6) is 5.75 Å². The number of fused-ring (bicyclic) bond motifs is 2. The molecular weight excluding hydrogens is 366 g/mol. The molecule has 2 saturated carbocycles. The third-order valence-corrected chi connectivity index (χ3v) is 5.96. The van der Waals surface area contributed by atoms with Crippen LogP contribution in [-0.2, 0) is 11.3 Å². The average molecular weight is 389 g/mol. The molecule has 7 nitrogen and oxygen atoms in total. The monoisotopic (exact) mass is 389 g/mol. The first kappa shape index (κ1) is 16.8. The second kappa shape index (κ2) is 6.20. The van der Waals surface area contributed by atoms with Gasteiger partial charge in [-0.15, -0.1) is 0 Å². The van der Waals surface area contributed by atoms with E-state index in [1.807, 2.05) is 36.4 Å². The number of carbonyl (C=O) groups is 1. The Morgan fingerprint density at radius 3 is 2.86 bits per heavy atom. The van der Waals surface area contributed by atoms with Crippen LogP contribution < -0.4 is 15.0 Å². The standard InChI is InChI=1S/C22H23N5O2/c1-13-22-18(26(12-23-22)10-14-2-3-14)9-20(24-13)25-15-4-7-17-19(8-15)29-11-21(28)27(17)16-5-6-16/h4,7-9,12,14,16H,2-3,5-6,10-11H2,1H3,(H,24,25). The average Bonchev–Trinajstić information content (AvgIpc) is 3.62. The van der Waals surface area contributed by atoms with Crippen molar-refractivity contribution >= 4 is 34.1 Å². The van der Waals surface area contributed by atoms with E-state index in [1.54, 1.807) is 0 Å². The van der Waals surface area contributed by atoms with Crippen molar-refractivity contribution in [1.29, 1.82) is 0 Å². The number of rotatable bonds is 5. The summed E-state index contributed by atoms with van der Waals surface area (Å²) < 4.78 is 7.95. The van der Waals surface area contributed by atoms with E-state index in [2.05, 4.69) is 25.9 Å². The van der Waals surface area contributed by atoms with E-state index >= 15 is 0 Å². The highest BCUT2D eigenvalue weighted by atomic mass is 16.5. The number of amides is 1. The molecule has 2 aromatic heterocycles. The largest absolute Gasteiger partial charge is 0.481 e. The summed E-state index contributed by atoms with van der Waals surface area (Å²) in [4.78, 5) is 23.4.